The van der Waals surface area contributed by atoms with E-state index in [-0.39, 0.29) is 19.1 Å². The van der Waals surface area contributed by atoms with Crippen molar-refractivity contribution in [3.8, 4) is 11.5 Å². The van der Waals surface area contributed by atoms with Crippen LogP contribution < -0.4 is 19.7 Å². The first kappa shape index (κ1) is 26.0. The van der Waals surface area contributed by atoms with Crippen LogP contribution in [-0.2, 0) is 16.1 Å². The Balaban J connectivity index is 1.43. The van der Waals surface area contributed by atoms with Crippen molar-refractivity contribution < 1.29 is 23.8 Å². The Kier molecular flexibility index (Phi) is 8.99. The molecule has 0 spiro atoms. The summed E-state index contributed by atoms with van der Waals surface area (Å²) in [6.07, 6.45) is 0. The predicted octanol–water partition coefficient (Wildman–Crippen LogP) is 4.21. The van der Waals surface area contributed by atoms with E-state index in [0.29, 0.717) is 22.7 Å². The number of nitrogens with zero attached hydrogens (tertiary/aromatic N) is 2. The van der Waals surface area contributed by atoms with E-state index < -0.39 is 5.97 Å². The van der Waals surface area contributed by atoms with Crippen molar-refractivity contribution >= 4 is 23.3 Å². The fourth-order valence-electron chi connectivity index (χ4n) is 4.25. The quantitative estimate of drug-likeness (QED) is 0.415. The van der Waals surface area contributed by atoms with Gasteiger partial charge in [-0.2, -0.15) is 0 Å². The molecule has 1 fully saturated rings. The van der Waals surface area contributed by atoms with Gasteiger partial charge in [0.25, 0.3) is 5.91 Å². The zero-order chi connectivity index (χ0) is 26.0. The molecule has 8 heteroatoms. The molecule has 8 nitrogen and oxygen atoms in total. The zero-order valence-corrected chi connectivity index (χ0v) is 21.3. The maximum atomic E-state index is 12.8. The first-order valence-corrected chi connectivity index (χ1v) is 12.4. The normalized spacial score (nSPS) is 13.6. The molecule has 0 radical (unpaired) electrons. The molecular weight excluding hydrogens is 470 g/mol. The molecule has 0 aliphatic carbocycles. The summed E-state index contributed by atoms with van der Waals surface area (Å²) in [5.41, 5.74) is 3.11. The number of hydrogen-bond acceptors (Lipinski definition) is 7. The van der Waals surface area contributed by atoms with Gasteiger partial charge in [-0.05, 0) is 55.0 Å². The minimum absolute atomic E-state index is 0.166. The van der Waals surface area contributed by atoms with Crippen molar-refractivity contribution in [3.63, 3.8) is 0 Å². The van der Waals surface area contributed by atoms with Crippen LogP contribution in [0.2, 0.25) is 0 Å². The lowest BCUT2D eigenvalue weighted by Crippen LogP contribution is -2.46. The summed E-state index contributed by atoms with van der Waals surface area (Å²) in [6, 6.07) is 22.7. The number of nitrogens with one attached hydrogen (secondary N) is 1. The first-order valence-electron chi connectivity index (χ1n) is 12.4. The Labute approximate surface area is 217 Å². The fourth-order valence-corrected chi connectivity index (χ4v) is 4.25. The second-order valence-corrected chi connectivity index (χ2v) is 8.71. The number of carbonyl (C=O) groups is 2. The highest BCUT2D eigenvalue weighted by atomic mass is 16.5. The lowest BCUT2D eigenvalue weighted by atomic mass is 10.1. The highest BCUT2D eigenvalue weighted by Crippen LogP contribution is 2.29. The van der Waals surface area contributed by atoms with Gasteiger partial charge in [0, 0.05) is 32.7 Å². The summed E-state index contributed by atoms with van der Waals surface area (Å²) < 4.78 is 15.9. The van der Waals surface area contributed by atoms with Gasteiger partial charge in [0.2, 0.25) is 0 Å². The van der Waals surface area contributed by atoms with Crippen molar-refractivity contribution in [2.75, 3.05) is 56.7 Å². The Morgan fingerprint density at radius 3 is 2.27 bits per heavy atom. The van der Waals surface area contributed by atoms with E-state index in [1.807, 2.05) is 12.1 Å². The van der Waals surface area contributed by atoms with E-state index in [1.54, 1.807) is 50.4 Å². The number of esters is 1. The second-order valence-electron chi connectivity index (χ2n) is 8.71. The topological polar surface area (TPSA) is 80.3 Å². The van der Waals surface area contributed by atoms with Gasteiger partial charge in [-0.25, -0.2) is 4.79 Å². The summed E-state index contributed by atoms with van der Waals surface area (Å²) in [5.74, 6) is 0.527. The lowest BCUT2D eigenvalue weighted by molar-refractivity contribution is -0.118. The van der Waals surface area contributed by atoms with Crippen LogP contribution >= 0.6 is 0 Å². The van der Waals surface area contributed by atoms with Crippen LogP contribution in [0.1, 0.15) is 22.8 Å². The predicted molar refractivity (Wildman–Crippen MR) is 143 cm³/mol. The van der Waals surface area contributed by atoms with Gasteiger partial charge in [-0.3, -0.25) is 9.69 Å². The Morgan fingerprint density at radius 1 is 0.892 bits per heavy atom. The van der Waals surface area contributed by atoms with Crippen molar-refractivity contribution in [1.29, 1.82) is 0 Å². The van der Waals surface area contributed by atoms with Crippen LogP contribution in [0.3, 0.4) is 0 Å². The van der Waals surface area contributed by atoms with Crippen LogP contribution in [0, 0.1) is 0 Å². The van der Waals surface area contributed by atoms with E-state index >= 15 is 0 Å². The van der Waals surface area contributed by atoms with Crippen molar-refractivity contribution in [3.05, 3.63) is 83.9 Å². The van der Waals surface area contributed by atoms with E-state index in [1.165, 1.54) is 5.56 Å². The highest BCUT2D eigenvalue weighted by Gasteiger charge is 2.22. The smallest absolute Gasteiger partial charge is 0.338 e. The van der Waals surface area contributed by atoms with Crippen LogP contribution in [0.5, 0.6) is 11.5 Å². The third-order valence-corrected chi connectivity index (χ3v) is 6.17. The second kappa shape index (κ2) is 12.8. The molecule has 194 valence electrons. The molecule has 0 bridgehead atoms. The molecule has 0 unspecified atom stereocenters. The minimum Gasteiger partial charge on any atom is -0.497 e. The van der Waals surface area contributed by atoms with E-state index in [0.717, 1.165) is 38.4 Å². The molecule has 1 aliphatic rings. The summed E-state index contributed by atoms with van der Waals surface area (Å²) >= 11 is 0. The summed E-state index contributed by atoms with van der Waals surface area (Å²) in [7, 11) is 1.59. The van der Waals surface area contributed by atoms with Gasteiger partial charge in [0.05, 0.1) is 30.7 Å². The summed E-state index contributed by atoms with van der Waals surface area (Å²) in [6.45, 7) is 6.17. The number of piperazine rings is 1. The molecule has 37 heavy (non-hydrogen) atoms. The monoisotopic (exact) mass is 503 g/mol. The van der Waals surface area contributed by atoms with Gasteiger partial charge >= 0.3 is 5.97 Å². The number of rotatable bonds is 10. The standard InChI is InChI=1S/C29H33N3O5/c1-3-36-29(34)23-9-14-27(32-17-15-31(16-18-32)20-22-7-5-4-6-8-22)26(19-23)30-28(33)21-37-25-12-10-24(35-2)11-13-25/h4-14,19H,3,15-18,20-21H2,1-2H3,(H,30,33). The third kappa shape index (κ3) is 7.24. The van der Waals surface area contributed by atoms with Gasteiger partial charge in [-0.15, -0.1) is 0 Å². The van der Waals surface area contributed by atoms with Gasteiger partial charge < -0.3 is 24.4 Å². The van der Waals surface area contributed by atoms with Crippen LogP contribution in [0.4, 0.5) is 11.4 Å². The molecule has 0 saturated carbocycles. The molecule has 1 amide bonds. The summed E-state index contributed by atoms with van der Waals surface area (Å²) in [4.78, 5) is 29.8. The Hall–Kier alpha value is -4.04. The Morgan fingerprint density at radius 2 is 1.59 bits per heavy atom. The molecule has 0 atom stereocenters. The van der Waals surface area contributed by atoms with Gasteiger partial charge in [0.1, 0.15) is 11.5 Å². The first-order chi connectivity index (χ1) is 18.1. The maximum Gasteiger partial charge on any atom is 0.338 e. The van der Waals surface area contributed by atoms with Gasteiger partial charge in [0.15, 0.2) is 6.61 Å². The SMILES string of the molecule is CCOC(=O)c1ccc(N2CCN(Cc3ccccc3)CC2)c(NC(=O)COc2ccc(OC)cc2)c1. The molecule has 1 N–H and O–H groups in total. The molecule has 1 saturated heterocycles. The van der Waals surface area contributed by atoms with Gasteiger partial charge in [-0.1, -0.05) is 30.3 Å². The molecular formula is C29H33N3O5. The largest absolute Gasteiger partial charge is 0.497 e. The van der Waals surface area contributed by atoms with Crippen molar-refractivity contribution in [2.45, 2.75) is 13.5 Å². The van der Waals surface area contributed by atoms with E-state index in [4.69, 9.17) is 14.2 Å². The number of anilines is 2. The van der Waals surface area contributed by atoms with E-state index in [9.17, 15) is 9.59 Å². The number of benzene rings is 3. The minimum atomic E-state index is -0.424. The molecule has 0 aromatic heterocycles. The van der Waals surface area contributed by atoms with Crippen molar-refractivity contribution in [1.82, 2.24) is 4.90 Å². The average molecular weight is 504 g/mol. The van der Waals surface area contributed by atoms with Crippen LogP contribution in [0.15, 0.2) is 72.8 Å². The molecule has 1 heterocycles. The fraction of sp³-hybridized carbons (Fsp3) is 0.310. The lowest BCUT2D eigenvalue weighted by Gasteiger charge is -2.37. The number of ether oxygens (including phenoxy) is 3. The Bertz CT molecular complexity index is 1180. The molecule has 1 aliphatic heterocycles. The zero-order valence-electron chi connectivity index (χ0n) is 21.3. The number of carbonyl (C=O) groups excluding carboxylic acids is 2. The summed E-state index contributed by atoms with van der Waals surface area (Å²) in [5, 5.41) is 2.94. The molecule has 3 aromatic carbocycles. The molecule has 3 aromatic rings. The number of hydrogen-bond donors (Lipinski definition) is 1. The highest BCUT2D eigenvalue weighted by molar-refractivity contribution is 5.98. The molecule has 4 rings (SSSR count). The maximum absolute atomic E-state index is 12.8. The van der Waals surface area contributed by atoms with Crippen molar-refractivity contribution in [2.24, 2.45) is 0 Å². The third-order valence-electron chi connectivity index (χ3n) is 6.17. The van der Waals surface area contributed by atoms with Crippen LogP contribution in [0.25, 0.3) is 0 Å². The number of methoxy groups -OCH3 is 1. The van der Waals surface area contributed by atoms with E-state index in [2.05, 4.69) is 39.4 Å². The average Bonchev–Trinajstić information content (AvgIpc) is 2.93. The van der Waals surface area contributed by atoms with Crippen LogP contribution in [-0.4, -0.2) is 63.3 Å². The number of amides is 1.